The number of pyridine rings is 1. The largest absolute Gasteiger partial charge is 0.368 e. The molecule has 0 atom stereocenters. The number of halogens is 3. The third-order valence-electron chi connectivity index (χ3n) is 1.80. The van der Waals surface area contributed by atoms with Crippen LogP contribution in [0.15, 0.2) is 6.20 Å². The molecule has 1 aromatic rings. The standard InChI is InChI=1S/C8H4ClF2N3O2/c9-5-3-13-8(14(15)16)4(1-2-12)6(5)7(10)11/h3,7H,1H2. The van der Waals surface area contributed by atoms with Gasteiger partial charge in [-0.3, -0.25) is 0 Å². The molecule has 0 fully saturated rings. The van der Waals surface area contributed by atoms with Crippen LogP contribution in [-0.4, -0.2) is 9.91 Å². The molecule has 0 N–H and O–H groups in total. The molecule has 0 aliphatic carbocycles. The molecule has 1 aromatic heterocycles. The van der Waals surface area contributed by atoms with E-state index in [0.29, 0.717) is 0 Å². The second kappa shape index (κ2) is 4.81. The Morgan fingerprint density at radius 3 is 2.75 bits per heavy atom. The molecule has 0 aliphatic heterocycles. The average Bonchev–Trinajstić information content (AvgIpc) is 2.17. The molecular formula is C8H4ClF2N3O2. The zero-order chi connectivity index (χ0) is 12.3. The van der Waals surface area contributed by atoms with E-state index in [0.717, 1.165) is 6.20 Å². The van der Waals surface area contributed by atoms with E-state index >= 15 is 0 Å². The first-order valence-electron chi connectivity index (χ1n) is 3.95. The Balaban J connectivity index is 3.50. The molecule has 0 aliphatic rings. The highest BCUT2D eigenvalue weighted by Gasteiger charge is 2.27. The highest BCUT2D eigenvalue weighted by Crippen LogP contribution is 2.34. The van der Waals surface area contributed by atoms with E-state index in [9.17, 15) is 18.9 Å². The Labute approximate surface area is 93.4 Å². The van der Waals surface area contributed by atoms with E-state index in [-0.39, 0.29) is 5.02 Å². The van der Waals surface area contributed by atoms with Crippen LogP contribution in [0.25, 0.3) is 0 Å². The van der Waals surface area contributed by atoms with Crippen molar-refractivity contribution in [2.45, 2.75) is 12.8 Å². The molecule has 84 valence electrons. The minimum absolute atomic E-state index is 0.383. The van der Waals surface area contributed by atoms with Crippen molar-refractivity contribution >= 4 is 17.4 Å². The molecular weight excluding hydrogens is 244 g/mol. The third kappa shape index (κ3) is 2.23. The van der Waals surface area contributed by atoms with E-state index in [1.807, 2.05) is 0 Å². The summed E-state index contributed by atoms with van der Waals surface area (Å²) >= 11 is 5.46. The van der Waals surface area contributed by atoms with Gasteiger partial charge in [-0.25, -0.2) is 8.78 Å². The number of rotatable bonds is 3. The fourth-order valence-corrected chi connectivity index (χ4v) is 1.42. The minimum Gasteiger partial charge on any atom is -0.358 e. The summed E-state index contributed by atoms with van der Waals surface area (Å²) in [5.74, 6) is -0.763. The van der Waals surface area contributed by atoms with Crippen molar-refractivity contribution in [1.29, 1.82) is 5.26 Å². The van der Waals surface area contributed by atoms with Crippen molar-refractivity contribution in [3.05, 3.63) is 32.5 Å². The van der Waals surface area contributed by atoms with E-state index < -0.39 is 34.7 Å². The molecule has 8 heteroatoms. The summed E-state index contributed by atoms with van der Waals surface area (Å²) in [6.45, 7) is 0. The number of nitro groups is 1. The summed E-state index contributed by atoms with van der Waals surface area (Å²) in [5.41, 5.74) is -1.14. The molecule has 0 saturated carbocycles. The summed E-state index contributed by atoms with van der Waals surface area (Å²) < 4.78 is 25.2. The van der Waals surface area contributed by atoms with Gasteiger partial charge in [-0.1, -0.05) is 11.6 Å². The van der Waals surface area contributed by atoms with E-state index in [1.165, 1.54) is 0 Å². The van der Waals surface area contributed by atoms with Gasteiger partial charge in [-0.15, -0.1) is 0 Å². The predicted octanol–water partition coefficient (Wildman–Crippen LogP) is 2.65. The topological polar surface area (TPSA) is 79.8 Å². The quantitative estimate of drug-likeness (QED) is 0.607. The van der Waals surface area contributed by atoms with Crippen molar-refractivity contribution < 1.29 is 13.7 Å². The number of hydrogen-bond acceptors (Lipinski definition) is 4. The van der Waals surface area contributed by atoms with Gasteiger partial charge in [0.1, 0.15) is 0 Å². The SMILES string of the molecule is N#CCc1c([N+](=O)[O-])ncc(Cl)c1C(F)F. The third-order valence-corrected chi connectivity index (χ3v) is 2.10. The second-order valence-electron chi connectivity index (χ2n) is 2.71. The molecule has 0 bridgehead atoms. The van der Waals surface area contributed by atoms with Crippen LogP contribution in [0.1, 0.15) is 17.6 Å². The van der Waals surface area contributed by atoms with Crippen LogP contribution in [0, 0.1) is 21.4 Å². The van der Waals surface area contributed by atoms with Gasteiger partial charge in [0.15, 0.2) is 6.20 Å². The minimum atomic E-state index is -2.99. The van der Waals surface area contributed by atoms with Crippen LogP contribution < -0.4 is 0 Å². The van der Waals surface area contributed by atoms with Crippen LogP contribution in [0.5, 0.6) is 0 Å². The first-order valence-corrected chi connectivity index (χ1v) is 4.33. The van der Waals surface area contributed by atoms with Crippen LogP contribution in [0.3, 0.4) is 0 Å². The van der Waals surface area contributed by atoms with Crippen LogP contribution in [0.4, 0.5) is 14.6 Å². The Hall–Kier alpha value is -1.81. The van der Waals surface area contributed by atoms with Gasteiger partial charge >= 0.3 is 5.82 Å². The highest BCUT2D eigenvalue weighted by molar-refractivity contribution is 6.31. The fraction of sp³-hybridized carbons (Fsp3) is 0.250. The molecule has 0 aromatic carbocycles. The Kier molecular flexibility index (Phi) is 3.68. The Morgan fingerprint density at radius 2 is 2.31 bits per heavy atom. The predicted molar refractivity (Wildman–Crippen MR) is 50.2 cm³/mol. The van der Waals surface area contributed by atoms with Gasteiger partial charge in [0.25, 0.3) is 6.43 Å². The van der Waals surface area contributed by atoms with Crippen LogP contribution in [-0.2, 0) is 6.42 Å². The lowest BCUT2D eigenvalue weighted by Gasteiger charge is -2.06. The van der Waals surface area contributed by atoms with E-state index in [1.54, 1.807) is 6.07 Å². The van der Waals surface area contributed by atoms with Gasteiger partial charge in [0, 0.05) is 0 Å². The fourth-order valence-electron chi connectivity index (χ4n) is 1.18. The van der Waals surface area contributed by atoms with Gasteiger partial charge in [-0.2, -0.15) is 5.26 Å². The Morgan fingerprint density at radius 1 is 1.69 bits per heavy atom. The molecule has 1 rings (SSSR count). The first-order chi connectivity index (χ1) is 7.49. The molecule has 0 amide bonds. The first kappa shape index (κ1) is 12.3. The Bertz CT molecular complexity index is 473. The van der Waals surface area contributed by atoms with Crippen LogP contribution >= 0.6 is 11.6 Å². The van der Waals surface area contributed by atoms with Gasteiger partial charge in [0.2, 0.25) is 0 Å². The molecule has 1 heterocycles. The smallest absolute Gasteiger partial charge is 0.358 e. The maximum absolute atomic E-state index is 12.6. The number of aromatic nitrogens is 1. The molecule has 0 radical (unpaired) electrons. The van der Waals surface area contributed by atoms with Gasteiger partial charge < -0.3 is 10.1 Å². The van der Waals surface area contributed by atoms with E-state index in [4.69, 9.17) is 16.9 Å². The zero-order valence-electron chi connectivity index (χ0n) is 7.65. The summed E-state index contributed by atoms with van der Waals surface area (Å²) in [4.78, 5) is 12.9. The number of alkyl halides is 2. The maximum atomic E-state index is 12.6. The van der Waals surface area contributed by atoms with Crippen molar-refractivity contribution in [1.82, 2.24) is 4.98 Å². The molecule has 5 nitrogen and oxygen atoms in total. The number of hydrogen-bond donors (Lipinski definition) is 0. The number of nitriles is 1. The molecule has 0 unspecified atom stereocenters. The van der Waals surface area contributed by atoms with Crippen LogP contribution in [0.2, 0.25) is 5.02 Å². The van der Waals surface area contributed by atoms with Crippen molar-refractivity contribution in [2.24, 2.45) is 0 Å². The van der Waals surface area contributed by atoms with Crippen molar-refractivity contribution in [3.63, 3.8) is 0 Å². The average molecular weight is 248 g/mol. The lowest BCUT2D eigenvalue weighted by Crippen LogP contribution is -2.04. The maximum Gasteiger partial charge on any atom is 0.368 e. The zero-order valence-corrected chi connectivity index (χ0v) is 8.41. The monoisotopic (exact) mass is 247 g/mol. The summed E-state index contributed by atoms with van der Waals surface area (Å²) in [7, 11) is 0. The van der Waals surface area contributed by atoms with Crippen molar-refractivity contribution in [2.75, 3.05) is 0 Å². The number of nitrogens with zero attached hydrogens (tertiary/aromatic N) is 3. The lowest BCUT2D eigenvalue weighted by molar-refractivity contribution is -0.390. The normalized spacial score (nSPS) is 10.2. The van der Waals surface area contributed by atoms with Gasteiger partial charge in [-0.05, 0) is 9.91 Å². The van der Waals surface area contributed by atoms with Crippen molar-refractivity contribution in [3.8, 4) is 6.07 Å². The summed E-state index contributed by atoms with van der Waals surface area (Å²) in [6.07, 6.45) is -2.75. The summed E-state index contributed by atoms with van der Waals surface area (Å²) in [5, 5.41) is 18.6. The molecule has 0 saturated heterocycles. The van der Waals surface area contributed by atoms with Gasteiger partial charge in [0.05, 0.1) is 28.6 Å². The summed E-state index contributed by atoms with van der Waals surface area (Å²) in [6, 6.07) is 1.57. The highest BCUT2D eigenvalue weighted by atomic mass is 35.5. The molecule has 16 heavy (non-hydrogen) atoms. The second-order valence-corrected chi connectivity index (χ2v) is 3.12. The van der Waals surface area contributed by atoms with E-state index in [2.05, 4.69) is 4.98 Å². The lowest BCUT2D eigenvalue weighted by atomic mass is 10.1. The molecule has 0 spiro atoms.